The van der Waals surface area contributed by atoms with Crippen LogP contribution in [0, 0.1) is 6.92 Å². The lowest BCUT2D eigenvalue weighted by Crippen LogP contribution is -2.26. The largest absolute Gasteiger partial charge is 0.435 e. The SMILES string of the molecule is Cc1ccc(-c2cc(C(=O)N[C@H]3C[C@H]3c3ccccc3OC(F)F)on2)cc1. The molecule has 1 aliphatic rings. The van der Waals surface area contributed by atoms with Gasteiger partial charge in [0.1, 0.15) is 11.4 Å². The van der Waals surface area contributed by atoms with Gasteiger partial charge in [0.25, 0.3) is 5.91 Å². The van der Waals surface area contributed by atoms with Crippen molar-refractivity contribution in [3.05, 3.63) is 71.5 Å². The molecule has 5 nitrogen and oxygen atoms in total. The van der Waals surface area contributed by atoms with E-state index in [0.29, 0.717) is 17.7 Å². The van der Waals surface area contributed by atoms with Crippen LogP contribution in [0.25, 0.3) is 11.3 Å². The summed E-state index contributed by atoms with van der Waals surface area (Å²) in [6.07, 6.45) is 0.647. The standard InChI is InChI=1S/C21H18F2N2O3/c1-12-6-8-13(9-7-12)16-11-19(28-25-16)20(26)24-17-10-15(17)14-4-2-3-5-18(14)27-21(22)23/h2-9,11,15,17,21H,10H2,1H3,(H,24,26)/t15-,17-/m0/s1. The van der Waals surface area contributed by atoms with Crippen LogP contribution in [0.5, 0.6) is 5.75 Å². The molecule has 144 valence electrons. The molecule has 0 unspecified atom stereocenters. The minimum Gasteiger partial charge on any atom is -0.435 e. The third-order valence-electron chi connectivity index (χ3n) is 4.72. The molecule has 0 bridgehead atoms. The van der Waals surface area contributed by atoms with Crippen molar-refractivity contribution in [3.63, 3.8) is 0 Å². The number of aromatic nitrogens is 1. The molecule has 1 heterocycles. The normalized spacial score (nSPS) is 18.1. The Morgan fingerprint density at radius 1 is 1.21 bits per heavy atom. The molecule has 1 N–H and O–H groups in total. The van der Waals surface area contributed by atoms with E-state index in [1.54, 1.807) is 24.3 Å². The van der Waals surface area contributed by atoms with E-state index in [1.807, 2.05) is 31.2 Å². The van der Waals surface area contributed by atoms with E-state index in [4.69, 9.17) is 4.52 Å². The number of nitrogens with zero attached hydrogens (tertiary/aromatic N) is 1. The van der Waals surface area contributed by atoms with Gasteiger partial charge in [-0.05, 0) is 25.0 Å². The predicted molar refractivity (Wildman–Crippen MR) is 98.4 cm³/mol. The fourth-order valence-corrected chi connectivity index (χ4v) is 3.17. The van der Waals surface area contributed by atoms with E-state index in [-0.39, 0.29) is 29.4 Å². The number of carbonyl (C=O) groups excluding carboxylic acids is 1. The molecular weight excluding hydrogens is 366 g/mol. The number of ether oxygens (including phenoxy) is 1. The third-order valence-corrected chi connectivity index (χ3v) is 4.72. The van der Waals surface area contributed by atoms with Gasteiger partial charge >= 0.3 is 6.61 Å². The molecule has 7 heteroatoms. The van der Waals surface area contributed by atoms with E-state index < -0.39 is 6.61 Å². The van der Waals surface area contributed by atoms with Crippen LogP contribution in [-0.4, -0.2) is 23.7 Å². The highest BCUT2D eigenvalue weighted by Gasteiger charge is 2.42. The third kappa shape index (κ3) is 3.88. The first kappa shape index (κ1) is 18.2. The van der Waals surface area contributed by atoms with Crippen LogP contribution < -0.4 is 10.1 Å². The minimum absolute atomic E-state index is 0.0709. The quantitative estimate of drug-likeness (QED) is 0.678. The lowest BCUT2D eigenvalue weighted by molar-refractivity contribution is -0.0504. The monoisotopic (exact) mass is 384 g/mol. The Morgan fingerprint density at radius 2 is 1.96 bits per heavy atom. The number of rotatable bonds is 6. The number of halogens is 2. The highest BCUT2D eigenvalue weighted by atomic mass is 19.3. The predicted octanol–water partition coefficient (Wildman–Crippen LogP) is 4.54. The Labute approximate surface area is 160 Å². The average Bonchev–Trinajstić information content (AvgIpc) is 3.24. The molecule has 4 rings (SSSR count). The second-order valence-corrected chi connectivity index (χ2v) is 6.78. The summed E-state index contributed by atoms with van der Waals surface area (Å²) in [4.78, 5) is 12.4. The molecule has 2 atom stereocenters. The molecule has 1 aromatic heterocycles. The lowest BCUT2D eigenvalue weighted by Gasteiger charge is -2.10. The number of hydrogen-bond donors (Lipinski definition) is 1. The number of benzene rings is 2. The number of nitrogens with one attached hydrogen (secondary N) is 1. The van der Waals surface area contributed by atoms with E-state index in [9.17, 15) is 13.6 Å². The molecule has 1 saturated carbocycles. The Kier molecular flexibility index (Phi) is 4.81. The first-order valence-electron chi connectivity index (χ1n) is 8.89. The number of alkyl halides is 2. The Balaban J connectivity index is 1.42. The van der Waals surface area contributed by atoms with Gasteiger partial charge in [0.15, 0.2) is 0 Å². The van der Waals surface area contributed by atoms with E-state index in [0.717, 1.165) is 11.1 Å². The van der Waals surface area contributed by atoms with Crippen molar-refractivity contribution in [2.45, 2.75) is 31.9 Å². The molecule has 0 aliphatic heterocycles. The maximum absolute atomic E-state index is 12.6. The highest BCUT2D eigenvalue weighted by molar-refractivity contribution is 5.93. The second kappa shape index (κ2) is 7.42. The highest BCUT2D eigenvalue weighted by Crippen LogP contribution is 2.45. The van der Waals surface area contributed by atoms with Crippen molar-refractivity contribution in [1.82, 2.24) is 10.5 Å². The summed E-state index contributed by atoms with van der Waals surface area (Å²) in [6.45, 7) is -0.899. The lowest BCUT2D eigenvalue weighted by atomic mass is 10.1. The van der Waals surface area contributed by atoms with Crippen molar-refractivity contribution in [2.24, 2.45) is 0 Å². The second-order valence-electron chi connectivity index (χ2n) is 6.78. The molecule has 2 aromatic carbocycles. The van der Waals surface area contributed by atoms with Gasteiger partial charge in [-0.25, -0.2) is 0 Å². The first-order valence-corrected chi connectivity index (χ1v) is 8.89. The molecule has 28 heavy (non-hydrogen) atoms. The summed E-state index contributed by atoms with van der Waals surface area (Å²) in [5, 5.41) is 6.81. The van der Waals surface area contributed by atoms with Gasteiger partial charge in [0.2, 0.25) is 5.76 Å². The molecular formula is C21H18F2N2O3. The molecule has 1 amide bonds. The Bertz CT molecular complexity index is 985. The van der Waals surface area contributed by atoms with Gasteiger partial charge in [0.05, 0.1) is 0 Å². The molecule has 1 fully saturated rings. The molecule has 0 radical (unpaired) electrons. The van der Waals surface area contributed by atoms with E-state index >= 15 is 0 Å². The maximum Gasteiger partial charge on any atom is 0.387 e. The topological polar surface area (TPSA) is 64.4 Å². The van der Waals surface area contributed by atoms with Crippen molar-refractivity contribution in [3.8, 4) is 17.0 Å². The van der Waals surface area contributed by atoms with Gasteiger partial charge in [-0.2, -0.15) is 8.78 Å². The van der Waals surface area contributed by atoms with Crippen molar-refractivity contribution in [1.29, 1.82) is 0 Å². The summed E-state index contributed by atoms with van der Waals surface area (Å²) in [5.74, 6) is -0.206. The van der Waals surface area contributed by atoms with Crippen LogP contribution in [-0.2, 0) is 0 Å². The zero-order valence-electron chi connectivity index (χ0n) is 15.1. The fourth-order valence-electron chi connectivity index (χ4n) is 3.17. The van der Waals surface area contributed by atoms with E-state index in [1.165, 1.54) is 6.07 Å². The number of aryl methyl sites for hydroxylation is 1. The molecule has 1 aliphatic carbocycles. The number of carbonyl (C=O) groups is 1. The van der Waals surface area contributed by atoms with Gasteiger partial charge in [0, 0.05) is 23.6 Å². The molecule has 0 spiro atoms. The number of para-hydroxylation sites is 1. The van der Waals surface area contributed by atoms with Gasteiger partial charge in [-0.1, -0.05) is 53.2 Å². The van der Waals surface area contributed by atoms with Crippen molar-refractivity contribution in [2.75, 3.05) is 0 Å². The van der Waals surface area contributed by atoms with Crippen LogP contribution in [0.4, 0.5) is 8.78 Å². The minimum atomic E-state index is -2.89. The Hall–Kier alpha value is -3.22. The van der Waals surface area contributed by atoms with Gasteiger partial charge in [-0.3, -0.25) is 4.79 Å². The number of amides is 1. The van der Waals surface area contributed by atoms with E-state index in [2.05, 4.69) is 15.2 Å². The summed E-state index contributed by atoms with van der Waals surface area (Å²) in [5.41, 5.74) is 3.22. The average molecular weight is 384 g/mol. The zero-order chi connectivity index (χ0) is 19.7. The van der Waals surface area contributed by atoms with Crippen molar-refractivity contribution < 1.29 is 22.8 Å². The summed E-state index contributed by atoms with van der Waals surface area (Å²) >= 11 is 0. The first-order chi connectivity index (χ1) is 13.5. The fraction of sp³-hybridized carbons (Fsp3) is 0.238. The summed E-state index contributed by atoms with van der Waals surface area (Å²) in [6, 6.07) is 15.8. The van der Waals surface area contributed by atoms with Gasteiger partial charge in [-0.15, -0.1) is 0 Å². The Morgan fingerprint density at radius 3 is 2.71 bits per heavy atom. The van der Waals surface area contributed by atoms with Crippen LogP contribution in [0.3, 0.4) is 0 Å². The number of hydrogen-bond acceptors (Lipinski definition) is 4. The summed E-state index contributed by atoms with van der Waals surface area (Å²) in [7, 11) is 0. The summed E-state index contributed by atoms with van der Waals surface area (Å²) < 4.78 is 34.9. The van der Waals surface area contributed by atoms with Gasteiger partial charge < -0.3 is 14.6 Å². The van der Waals surface area contributed by atoms with Crippen LogP contribution in [0.2, 0.25) is 0 Å². The molecule has 0 saturated heterocycles. The van der Waals surface area contributed by atoms with Crippen LogP contribution in [0.1, 0.15) is 34.0 Å². The smallest absolute Gasteiger partial charge is 0.387 e. The zero-order valence-corrected chi connectivity index (χ0v) is 15.1. The van der Waals surface area contributed by atoms with Crippen molar-refractivity contribution >= 4 is 5.91 Å². The van der Waals surface area contributed by atoms with Crippen LogP contribution >= 0.6 is 0 Å². The molecule has 3 aromatic rings. The van der Waals surface area contributed by atoms with Crippen LogP contribution in [0.15, 0.2) is 59.1 Å². The maximum atomic E-state index is 12.6.